The molecule has 0 aromatic heterocycles. The molecule has 2 aromatic rings. The Kier molecular flexibility index (Phi) is 4.46. The Morgan fingerprint density at radius 3 is 2.48 bits per heavy atom. The second kappa shape index (κ2) is 6.57. The molecule has 2 N–H and O–H groups in total. The Hall–Kier alpha value is -2.86. The first-order valence-electron chi connectivity index (χ1n) is 7.88. The predicted molar refractivity (Wildman–Crippen MR) is 89.4 cm³/mol. The van der Waals surface area contributed by atoms with Crippen LogP contribution in [0.2, 0.25) is 0 Å². The molecule has 0 heterocycles. The van der Waals surface area contributed by atoms with Crippen LogP contribution in [-0.4, -0.2) is 24.2 Å². The molecule has 2 unspecified atom stereocenters. The number of hydroxylamine groups is 1. The van der Waals surface area contributed by atoms with Crippen LogP contribution in [0.4, 0.5) is 0 Å². The molecule has 0 bridgehead atoms. The lowest BCUT2D eigenvalue weighted by Crippen LogP contribution is -2.31. The van der Waals surface area contributed by atoms with Gasteiger partial charge in [-0.15, -0.1) is 0 Å². The summed E-state index contributed by atoms with van der Waals surface area (Å²) >= 11 is 0. The Balaban J connectivity index is 1.91. The van der Waals surface area contributed by atoms with Gasteiger partial charge >= 0.3 is 5.97 Å². The van der Waals surface area contributed by atoms with Gasteiger partial charge in [-0.1, -0.05) is 24.3 Å². The number of benzene rings is 2. The average Bonchev–Trinajstić information content (AvgIpc) is 3.37. The highest BCUT2D eigenvalue weighted by atomic mass is 16.5. The van der Waals surface area contributed by atoms with Gasteiger partial charge in [-0.2, -0.15) is 0 Å². The molecule has 0 radical (unpaired) electrons. The molecular weight excluding hydrogens is 322 g/mol. The summed E-state index contributed by atoms with van der Waals surface area (Å²) in [5.41, 5.74) is 2.22. The van der Waals surface area contributed by atoms with Gasteiger partial charge in [0.25, 0.3) is 0 Å². The third-order valence-electron chi connectivity index (χ3n) is 4.51. The normalized spacial score (nSPS) is 21.3. The van der Waals surface area contributed by atoms with Crippen molar-refractivity contribution < 1.29 is 24.3 Å². The van der Waals surface area contributed by atoms with E-state index < -0.39 is 23.2 Å². The van der Waals surface area contributed by atoms with E-state index in [1.165, 1.54) is 7.11 Å². The molecular formula is C19H19NO5. The van der Waals surface area contributed by atoms with Gasteiger partial charge in [0.05, 0.1) is 13.0 Å². The van der Waals surface area contributed by atoms with Crippen molar-refractivity contribution in [2.45, 2.75) is 18.8 Å². The van der Waals surface area contributed by atoms with Gasteiger partial charge in [0.1, 0.15) is 16.9 Å². The Labute approximate surface area is 145 Å². The van der Waals surface area contributed by atoms with E-state index in [1.807, 2.05) is 31.2 Å². The molecule has 0 saturated heterocycles. The molecule has 1 amide bonds. The molecule has 25 heavy (non-hydrogen) atoms. The van der Waals surface area contributed by atoms with E-state index in [-0.39, 0.29) is 6.42 Å². The molecule has 130 valence electrons. The van der Waals surface area contributed by atoms with E-state index in [0.717, 1.165) is 5.56 Å². The lowest BCUT2D eigenvalue weighted by molar-refractivity contribution is -0.146. The minimum atomic E-state index is -1.09. The number of ether oxygens (including phenoxy) is 2. The highest BCUT2D eigenvalue weighted by Crippen LogP contribution is 2.55. The van der Waals surface area contributed by atoms with Crippen LogP contribution in [-0.2, 0) is 19.7 Å². The molecule has 6 nitrogen and oxygen atoms in total. The summed E-state index contributed by atoms with van der Waals surface area (Å²) in [6, 6.07) is 14.6. The van der Waals surface area contributed by atoms with Crippen molar-refractivity contribution in [3.05, 3.63) is 59.7 Å². The first-order chi connectivity index (χ1) is 12.0. The van der Waals surface area contributed by atoms with Crippen LogP contribution >= 0.6 is 0 Å². The first kappa shape index (κ1) is 17.0. The van der Waals surface area contributed by atoms with Gasteiger partial charge in [0, 0.05) is 0 Å². The molecule has 2 aromatic carbocycles. The van der Waals surface area contributed by atoms with Crippen LogP contribution in [0.15, 0.2) is 48.5 Å². The van der Waals surface area contributed by atoms with Gasteiger partial charge in [-0.25, -0.2) is 5.48 Å². The number of methoxy groups -OCH3 is 1. The van der Waals surface area contributed by atoms with E-state index in [4.69, 9.17) is 14.7 Å². The van der Waals surface area contributed by atoms with Gasteiger partial charge in [0.2, 0.25) is 5.91 Å². The maximum Gasteiger partial charge on any atom is 0.317 e. The smallest absolute Gasteiger partial charge is 0.317 e. The van der Waals surface area contributed by atoms with Crippen LogP contribution in [0.25, 0.3) is 0 Å². The minimum absolute atomic E-state index is 0.278. The molecule has 0 aliphatic heterocycles. The van der Waals surface area contributed by atoms with E-state index in [0.29, 0.717) is 17.1 Å². The lowest BCUT2D eigenvalue weighted by atomic mass is 9.92. The highest BCUT2D eigenvalue weighted by molar-refractivity contribution is 5.97. The standard InChI is InChI=1S/C19H19NO5/c1-12-5-3-7-14(9-12)25-15-8-4-6-13(10-15)19(18(22)24-2)11-16(19)17(21)20-23/h3-10,16,23H,11H2,1-2H3,(H,20,21). The van der Waals surface area contributed by atoms with Crippen molar-refractivity contribution in [1.82, 2.24) is 5.48 Å². The van der Waals surface area contributed by atoms with Crippen molar-refractivity contribution in [2.75, 3.05) is 7.11 Å². The number of amides is 1. The predicted octanol–water partition coefficient (Wildman–Crippen LogP) is 2.72. The number of nitrogens with one attached hydrogen (secondary N) is 1. The number of rotatable bonds is 5. The highest BCUT2D eigenvalue weighted by Gasteiger charge is 2.65. The molecule has 2 atom stereocenters. The number of carbonyl (C=O) groups excluding carboxylic acids is 2. The average molecular weight is 341 g/mol. The minimum Gasteiger partial charge on any atom is -0.468 e. The van der Waals surface area contributed by atoms with Crippen LogP contribution < -0.4 is 10.2 Å². The number of esters is 1. The maximum atomic E-state index is 12.3. The Morgan fingerprint density at radius 2 is 1.84 bits per heavy atom. The summed E-state index contributed by atoms with van der Waals surface area (Å²) in [7, 11) is 1.28. The molecule has 1 aliphatic carbocycles. The van der Waals surface area contributed by atoms with E-state index in [1.54, 1.807) is 29.7 Å². The fraction of sp³-hybridized carbons (Fsp3) is 0.263. The molecule has 1 fully saturated rings. The fourth-order valence-electron chi connectivity index (χ4n) is 3.15. The van der Waals surface area contributed by atoms with Gasteiger partial charge in [-0.05, 0) is 48.7 Å². The zero-order valence-electron chi connectivity index (χ0n) is 14.0. The number of carbonyl (C=O) groups is 2. The zero-order valence-corrected chi connectivity index (χ0v) is 14.0. The second-order valence-corrected chi connectivity index (χ2v) is 6.14. The topological polar surface area (TPSA) is 84.9 Å². The van der Waals surface area contributed by atoms with E-state index in [9.17, 15) is 9.59 Å². The van der Waals surface area contributed by atoms with Gasteiger partial charge in [0.15, 0.2) is 0 Å². The molecule has 1 saturated carbocycles. The molecule has 0 spiro atoms. The Bertz CT molecular complexity index is 819. The van der Waals surface area contributed by atoms with Crippen molar-refractivity contribution in [3.63, 3.8) is 0 Å². The SMILES string of the molecule is COC(=O)C1(c2cccc(Oc3cccc(C)c3)c2)CC1C(=O)NO. The zero-order chi connectivity index (χ0) is 18.0. The van der Waals surface area contributed by atoms with Crippen LogP contribution in [0.3, 0.4) is 0 Å². The lowest BCUT2D eigenvalue weighted by Gasteiger charge is -2.16. The summed E-state index contributed by atoms with van der Waals surface area (Å²) in [6.07, 6.45) is 0.278. The van der Waals surface area contributed by atoms with Crippen molar-refractivity contribution in [3.8, 4) is 11.5 Å². The maximum absolute atomic E-state index is 12.3. The van der Waals surface area contributed by atoms with Crippen molar-refractivity contribution >= 4 is 11.9 Å². The quantitative estimate of drug-likeness (QED) is 0.496. The summed E-state index contributed by atoms with van der Waals surface area (Å²) in [5, 5.41) is 8.88. The van der Waals surface area contributed by atoms with E-state index >= 15 is 0 Å². The first-order valence-corrected chi connectivity index (χ1v) is 7.88. The largest absolute Gasteiger partial charge is 0.468 e. The molecule has 6 heteroatoms. The molecule has 3 rings (SSSR count). The van der Waals surface area contributed by atoms with E-state index in [2.05, 4.69) is 0 Å². The summed E-state index contributed by atoms with van der Waals surface area (Å²) in [6.45, 7) is 1.97. The van der Waals surface area contributed by atoms with Crippen LogP contribution in [0.1, 0.15) is 17.5 Å². The van der Waals surface area contributed by atoms with Crippen molar-refractivity contribution in [1.29, 1.82) is 0 Å². The van der Waals surface area contributed by atoms with Gasteiger partial charge in [-0.3, -0.25) is 14.8 Å². The fourth-order valence-corrected chi connectivity index (χ4v) is 3.15. The second-order valence-electron chi connectivity index (χ2n) is 6.14. The molecule has 1 aliphatic rings. The summed E-state index contributed by atoms with van der Waals surface area (Å²) < 4.78 is 10.7. The monoisotopic (exact) mass is 341 g/mol. The third kappa shape index (κ3) is 3.08. The van der Waals surface area contributed by atoms with Crippen LogP contribution in [0.5, 0.6) is 11.5 Å². The number of hydrogen-bond acceptors (Lipinski definition) is 5. The number of hydrogen-bond donors (Lipinski definition) is 2. The summed E-state index contributed by atoms with van der Waals surface area (Å²) in [4.78, 5) is 24.1. The van der Waals surface area contributed by atoms with Crippen LogP contribution in [0, 0.1) is 12.8 Å². The number of aryl methyl sites for hydroxylation is 1. The van der Waals surface area contributed by atoms with Crippen molar-refractivity contribution in [2.24, 2.45) is 5.92 Å². The van der Waals surface area contributed by atoms with Gasteiger partial charge < -0.3 is 9.47 Å². The third-order valence-corrected chi connectivity index (χ3v) is 4.51. The Morgan fingerprint density at radius 1 is 1.16 bits per heavy atom. The summed E-state index contributed by atoms with van der Waals surface area (Å²) in [5.74, 6) is -0.533.